The average molecular weight is 356 g/mol. The molecule has 1 aliphatic heterocycles. The molecule has 1 aliphatic rings. The molecule has 25 heavy (non-hydrogen) atoms. The monoisotopic (exact) mass is 355 g/mol. The third-order valence-corrected chi connectivity index (χ3v) is 5.52. The van der Waals surface area contributed by atoms with Gasteiger partial charge >= 0.3 is 6.03 Å². The molecule has 2 aromatic rings. The van der Waals surface area contributed by atoms with Crippen LogP contribution in [-0.4, -0.2) is 25.7 Å². The topological polar surface area (TPSA) is 53.2 Å². The molecule has 0 aromatic heterocycles. The molecule has 4 nitrogen and oxygen atoms in total. The highest BCUT2D eigenvalue weighted by Gasteiger charge is 2.14. The van der Waals surface area contributed by atoms with Gasteiger partial charge in [0.2, 0.25) is 0 Å². The van der Waals surface area contributed by atoms with Crippen molar-refractivity contribution in [3.05, 3.63) is 60.2 Å². The molecule has 2 amide bonds. The van der Waals surface area contributed by atoms with Crippen LogP contribution in [-0.2, 0) is 6.54 Å². The molecule has 0 bridgehead atoms. The molecule has 0 unspecified atom stereocenters. The van der Waals surface area contributed by atoms with Crippen molar-refractivity contribution in [3.8, 4) is 0 Å². The Bertz CT molecular complexity index is 672. The van der Waals surface area contributed by atoms with Gasteiger partial charge in [0.25, 0.3) is 0 Å². The van der Waals surface area contributed by atoms with E-state index in [1.54, 1.807) is 11.8 Å². The van der Waals surface area contributed by atoms with Crippen molar-refractivity contribution in [2.75, 3.05) is 19.6 Å². The van der Waals surface area contributed by atoms with Gasteiger partial charge in [-0.1, -0.05) is 48.2 Å². The van der Waals surface area contributed by atoms with Gasteiger partial charge in [-0.2, -0.15) is 0 Å². The predicted molar refractivity (Wildman–Crippen MR) is 103 cm³/mol. The molecular formula is C20H25N3OS. The van der Waals surface area contributed by atoms with Gasteiger partial charge in [-0.15, -0.1) is 0 Å². The Balaban J connectivity index is 1.49. The van der Waals surface area contributed by atoms with E-state index < -0.39 is 0 Å². The van der Waals surface area contributed by atoms with Gasteiger partial charge in [0.1, 0.15) is 0 Å². The minimum atomic E-state index is -0.0851. The fourth-order valence-corrected chi connectivity index (χ4v) is 3.89. The highest BCUT2D eigenvalue weighted by molar-refractivity contribution is 7.99. The summed E-state index contributed by atoms with van der Waals surface area (Å²) in [6.07, 6.45) is 2.27. The summed E-state index contributed by atoms with van der Waals surface area (Å²) in [5, 5.41) is 9.34. The summed E-state index contributed by atoms with van der Waals surface area (Å²) in [5.74, 6) is 0.591. The summed E-state index contributed by atoms with van der Waals surface area (Å²) in [6.45, 7) is 3.40. The van der Waals surface area contributed by atoms with E-state index in [0.717, 1.165) is 38.0 Å². The standard InChI is InChI=1S/C20H25N3OS/c24-20(22-14-16-10-12-21-13-11-16)23-15-17-6-4-5-9-19(17)25-18-7-2-1-3-8-18/h1-9,16,21H,10-15H2,(H2,22,23,24). The number of rotatable bonds is 6. The number of urea groups is 1. The molecule has 3 rings (SSSR count). The van der Waals surface area contributed by atoms with Crippen LogP contribution in [0.2, 0.25) is 0 Å². The van der Waals surface area contributed by atoms with Crippen LogP contribution in [0.5, 0.6) is 0 Å². The maximum absolute atomic E-state index is 12.1. The van der Waals surface area contributed by atoms with Crippen LogP contribution in [0.1, 0.15) is 18.4 Å². The highest BCUT2D eigenvalue weighted by atomic mass is 32.2. The molecule has 132 valence electrons. The molecule has 0 aliphatic carbocycles. The molecule has 0 saturated carbocycles. The number of amides is 2. The van der Waals surface area contributed by atoms with Crippen LogP contribution in [0.4, 0.5) is 4.79 Å². The van der Waals surface area contributed by atoms with Gasteiger partial charge in [-0.05, 0) is 55.6 Å². The summed E-state index contributed by atoms with van der Waals surface area (Å²) >= 11 is 1.72. The van der Waals surface area contributed by atoms with Crippen LogP contribution >= 0.6 is 11.8 Å². The van der Waals surface area contributed by atoms with E-state index in [0.29, 0.717) is 12.5 Å². The Labute approximate surface area is 153 Å². The Hall–Kier alpha value is -1.98. The second-order valence-electron chi connectivity index (χ2n) is 6.28. The predicted octanol–water partition coefficient (Wildman–Crippen LogP) is 3.64. The lowest BCUT2D eigenvalue weighted by Crippen LogP contribution is -2.40. The fraction of sp³-hybridized carbons (Fsp3) is 0.350. The molecule has 0 spiro atoms. The summed E-state index contributed by atoms with van der Waals surface area (Å²) in [4.78, 5) is 14.5. The molecular weight excluding hydrogens is 330 g/mol. The molecule has 5 heteroatoms. The van der Waals surface area contributed by atoms with E-state index in [1.165, 1.54) is 9.79 Å². The van der Waals surface area contributed by atoms with Crippen molar-refractivity contribution in [3.63, 3.8) is 0 Å². The van der Waals surface area contributed by atoms with Crippen molar-refractivity contribution in [1.82, 2.24) is 16.0 Å². The minimum absolute atomic E-state index is 0.0851. The first-order valence-electron chi connectivity index (χ1n) is 8.84. The maximum Gasteiger partial charge on any atom is 0.315 e. The number of carbonyl (C=O) groups is 1. The van der Waals surface area contributed by atoms with Gasteiger partial charge in [0, 0.05) is 22.9 Å². The van der Waals surface area contributed by atoms with Gasteiger partial charge in [0.05, 0.1) is 0 Å². The summed E-state index contributed by atoms with van der Waals surface area (Å²) in [7, 11) is 0. The smallest absolute Gasteiger partial charge is 0.315 e. The zero-order valence-corrected chi connectivity index (χ0v) is 15.1. The SMILES string of the molecule is O=C(NCc1ccccc1Sc1ccccc1)NCC1CCNCC1. The lowest BCUT2D eigenvalue weighted by molar-refractivity contribution is 0.236. The van der Waals surface area contributed by atoms with Crippen molar-refractivity contribution in [2.45, 2.75) is 29.2 Å². The van der Waals surface area contributed by atoms with Gasteiger partial charge in [-0.25, -0.2) is 4.79 Å². The zero-order chi connectivity index (χ0) is 17.3. The lowest BCUT2D eigenvalue weighted by atomic mass is 9.98. The van der Waals surface area contributed by atoms with Crippen LogP contribution in [0, 0.1) is 5.92 Å². The largest absolute Gasteiger partial charge is 0.338 e. The van der Waals surface area contributed by atoms with Gasteiger partial charge < -0.3 is 16.0 Å². The number of nitrogens with one attached hydrogen (secondary N) is 3. The molecule has 0 radical (unpaired) electrons. The third kappa shape index (κ3) is 5.80. The maximum atomic E-state index is 12.1. The normalized spacial score (nSPS) is 14.9. The second kappa shape index (κ2) is 9.49. The number of piperidine rings is 1. The highest BCUT2D eigenvalue weighted by Crippen LogP contribution is 2.30. The quantitative estimate of drug-likeness (QED) is 0.741. The van der Waals surface area contributed by atoms with E-state index in [2.05, 4.69) is 40.2 Å². The first kappa shape index (κ1) is 17.8. The van der Waals surface area contributed by atoms with Gasteiger partial charge in [0.15, 0.2) is 0 Å². The van der Waals surface area contributed by atoms with Gasteiger partial charge in [-0.3, -0.25) is 0 Å². The zero-order valence-electron chi connectivity index (χ0n) is 14.3. The van der Waals surface area contributed by atoms with Crippen molar-refractivity contribution < 1.29 is 4.79 Å². The number of hydrogen-bond donors (Lipinski definition) is 3. The van der Waals surface area contributed by atoms with E-state index in [-0.39, 0.29) is 6.03 Å². The van der Waals surface area contributed by atoms with E-state index in [1.807, 2.05) is 30.3 Å². The fourth-order valence-electron chi connectivity index (χ4n) is 2.93. The first-order chi connectivity index (χ1) is 12.3. The van der Waals surface area contributed by atoms with E-state index in [9.17, 15) is 4.79 Å². The van der Waals surface area contributed by atoms with Crippen LogP contribution in [0.25, 0.3) is 0 Å². The Morgan fingerprint density at radius 3 is 2.52 bits per heavy atom. The Kier molecular flexibility index (Phi) is 6.77. The summed E-state index contributed by atoms with van der Waals surface area (Å²) in [5.41, 5.74) is 1.13. The molecule has 2 aromatic carbocycles. The van der Waals surface area contributed by atoms with Crippen LogP contribution in [0.3, 0.4) is 0 Å². The van der Waals surface area contributed by atoms with E-state index in [4.69, 9.17) is 0 Å². The number of carbonyl (C=O) groups excluding carboxylic acids is 1. The number of hydrogen-bond acceptors (Lipinski definition) is 3. The third-order valence-electron chi connectivity index (χ3n) is 4.39. The molecule has 1 fully saturated rings. The second-order valence-corrected chi connectivity index (χ2v) is 7.40. The molecule has 3 N–H and O–H groups in total. The first-order valence-corrected chi connectivity index (χ1v) is 9.66. The van der Waals surface area contributed by atoms with Crippen LogP contribution in [0.15, 0.2) is 64.4 Å². The van der Waals surface area contributed by atoms with Crippen molar-refractivity contribution in [1.29, 1.82) is 0 Å². The molecule has 0 atom stereocenters. The van der Waals surface area contributed by atoms with Crippen molar-refractivity contribution in [2.24, 2.45) is 5.92 Å². The lowest BCUT2D eigenvalue weighted by Gasteiger charge is -2.22. The summed E-state index contributed by atoms with van der Waals surface area (Å²) in [6, 6.07) is 18.4. The minimum Gasteiger partial charge on any atom is -0.338 e. The van der Waals surface area contributed by atoms with Crippen molar-refractivity contribution >= 4 is 17.8 Å². The Morgan fingerprint density at radius 1 is 1.00 bits per heavy atom. The van der Waals surface area contributed by atoms with Crippen LogP contribution < -0.4 is 16.0 Å². The molecule has 1 heterocycles. The molecule has 1 saturated heterocycles. The Morgan fingerprint density at radius 2 is 1.72 bits per heavy atom. The number of benzene rings is 2. The van der Waals surface area contributed by atoms with E-state index >= 15 is 0 Å². The average Bonchev–Trinajstić information content (AvgIpc) is 2.67. The summed E-state index contributed by atoms with van der Waals surface area (Å²) < 4.78 is 0.